The quantitative estimate of drug-likeness (QED) is 0.421. The summed E-state index contributed by atoms with van der Waals surface area (Å²) in [5.74, 6) is 0. The van der Waals surface area contributed by atoms with Gasteiger partial charge < -0.3 is 4.90 Å². The van der Waals surface area contributed by atoms with Crippen LogP contribution in [0.15, 0.2) is 52.7 Å². The molecular formula is C21H19Cl3N2O2S2. The minimum Gasteiger partial charge on any atom is -0.348 e. The summed E-state index contributed by atoms with van der Waals surface area (Å²) in [4.78, 5) is 7.23. The van der Waals surface area contributed by atoms with Crippen LogP contribution in [-0.2, 0) is 16.3 Å². The average molecular weight is 502 g/mol. The van der Waals surface area contributed by atoms with Crippen LogP contribution in [0.2, 0.25) is 15.1 Å². The third-order valence-electron chi connectivity index (χ3n) is 5.22. The zero-order valence-electron chi connectivity index (χ0n) is 15.9. The zero-order chi connectivity index (χ0) is 21.3. The van der Waals surface area contributed by atoms with Crippen LogP contribution in [0.25, 0.3) is 0 Å². The van der Waals surface area contributed by atoms with Gasteiger partial charge in [0.25, 0.3) is 0 Å². The van der Waals surface area contributed by atoms with Crippen LogP contribution in [0.4, 0.5) is 5.13 Å². The molecule has 0 saturated carbocycles. The second kappa shape index (κ2) is 9.05. The topological polar surface area (TPSA) is 50.3 Å². The lowest BCUT2D eigenvalue weighted by Gasteiger charge is -2.31. The van der Waals surface area contributed by atoms with Gasteiger partial charge in [-0.2, -0.15) is 0 Å². The van der Waals surface area contributed by atoms with Gasteiger partial charge in [-0.3, -0.25) is 0 Å². The van der Waals surface area contributed by atoms with E-state index >= 15 is 0 Å². The number of hydrogen-bond acceptors (Lipinski definition) is 5. The molecule has 0 radical (unpaired) electrons. The molecule has 2 aromatic carbocycles. The summed E-state index contributed by atoms with van der Waals surface area (Å²) >= 11 is 19.7. The van der Waals surface area contributed by atoms with E-state index in [4.69, 9.17) is 39.8 Å². The Morgan fingerprint density at radius 2 is 1.67 bits per heavy atom. The number of hydrogen-bond donors (Lipinski definition) is 0. The molecule has 1 aliphatic rings. The molecule has 0 N–H and O–H groups in total. The van der Waals surface area contributed by atoms with Crippen LogP contribution in [0.1, 0.15) is 24.1 Å². The number of piperidine rings is 1. The summed E-state index contributed by atoms with van der Waals surface area (Å²) in [6.07, 6.45) is 1.78. The van der Waals surface area contributed by atoms with Crippen LogP contribution in [0.3, 0.4) is 0 Å². The largest absolute Gasteiger partial charge is 0.348 e. The van der Waals surface area contributed by atoms with Gasteiger partial charge in [-0.1, -0.05) is 40.9 Å². The van der Waals surface area contributed by atoms with E-state index < -0.39 is 9.84 Å². The van der Waals surface area contributed by atoms with E-state index in [-0.39, 0.29) is 5.25 Å². The summed E-state index contributed by atoms with van der Waals surface area (Å²) in [5.41, 5.74) is 1.92. The van der Waals surface area contributed by atoms with Crippen molar-refractivity contribution >= 4 is 61.1 Å². The lowest BCUT2D eigenvalue weighted by molar-refractivity contribution is 0.529. The number of nitrogens with zero attached hydrogens (tertiary/aromatic N) is 2. The molecule has 4 nitrogen and oxygen atoms in total. The van der Waals surface area contributed by atoms with E-state index in [1.54, 1.807) is 41.7 Å². The Balaban J connectivity index is 1.40. The highest BCUT2D eigenvalue weighted by Gasteiger charge is 2.32. The van der Waals surface area contributed by atoms with E-state index in [1.807, 2.05) is 17.5 Å². The molecule has 0 unspecified atom stereocenters. The van der Waals surface area contributed by atoms with E-state index in [0.29, 0.717) is 52.3 Å². The number of halogens is 3. The molecular weight excluding hydrogens is 483 g/mol. The second-order valence-corrected chi connectivity index (χ2v) is 11.6. The first-order chi connectivity index (χ1) is 14.3. The van der Waals surface area contributed by atoms with Gasteiger partial charge in [0, 0.05) is 40.0 Å². The Hall–Kier alpha value is -1.31. The lowest BCUT2D eigenvalue weighted by Crippen LogP contribution is -2.39. The summed E-state index contributed by atoms with van der Waals surface area (Å²) in [7, 11) is -3.36. The Labute approximate surface area is 195 Å². The first-order valence-electron chi connectivity index (χ1n) is 9.45. The molecule has 0 spiro atoms. The van der Waals surface area contributed by atoms with Gasteiger partial charge in [0.15, 0.2) is 15.0 Å². The highest BCUT2D eigenvalue weighted by Crippen LogP contribution is 2.31. The molecule has 0 aliphatic carbocycles. The Morgan fingerprint density at radius 1 is 1.00 bits per heavy atom. The molecule has 2 heterocycles. The van der Waals surface area contributed by atoms with Crippen LogP contribution < -0.4 is 4.90 Å². The number of sulfone groups is 1. The monoisotopic (exact) mass is 500 g/mol. The maximum absolute atomic E-state index is 12.9. The van der Waals surface area contributed by atoms with E-state index in [2.05, 4.69) is 4.90 Å². The average Bonchev–Trinajstić information content (AvgIpc) is 3.19. The van der Waals surface area contributed by atoms with Crippen molar-refractivity contribution in [2.75, 3.05) is 18.0 Å². The second-order valence-electron chi connectivity index (χ2n) is 7.22. The van der Waals surface area contributed by atoms with E-state index in [0.717, 1.165) is 16.4 Å². The van der Waals surface area contributed by atoms with Crippen LogP contribution >= 0.6 is 46.1 Å². The van der Waals surface area contributed by atoms with Gasteiger partial charge in [0.1, 0.15) is 0 Å². The summed E-state index contributed by atoms with van der Waals surface area (Å²) < 4.78 is 25.8. The molecule has 3 aromatic rings. The van der Waals surface area contributed by atoms with Crippen LogP contribution in [-0.4, -0.2) is 31.7 Å². The van der Waals surface area contributed by atoms with Gasteiger partial charge in [0.05, 0.1) is 15.8 Å². The fraction of sp³-hybridized carbons (Fsp3) is 0.286. The molecule has 158 valence electrons. The van der Waals surface area contributed by atoms with Crippen LogP contribution in [0, 0.1) is 0 Å². The van der Waals surface area contributed by atoms with Gasteiger partial charge in [-0.15, -0.1) is 11.3 Å². The number of rotatable bonds is 5. The van der Waals surface area contributed by atoms with Crippen molar-refractivity contribution in [3.05, 3.63) is 74.2 Å². The Bertz CT molecular complexity index is 1140. The maximum Gasteiger partial charge on any atom is 0.185 e. The van der Waals surface area contributed by atoms with Gasteiger partial charge in [0.2, 0.25) is 0 Å². The highest BCUT2D eigenvalue weighted by atomic mass is 35.5. The molecule has 0 amide bonds. The molecule has 1 aromatic heterocycles. The van der Waals surface area contributed by atoms with Crippen molar-refractivity contribution in [1.29, 1.82) is 0 Å². The minimum atomic E-state index is -3.36. The summed E-state index contributed by atoms with van der Waals surface area (Å²) in [6.45, 7) is 1.32. The third kappa shape index (κ3) is 4.78. The molecule has 0 atom stereocenters. The molecule has 0 bridgehead atoms. The van der Waals surface area contributed by atoms with Gasteiger partial charge in [-0.05, 0) is 54.8 Å². The lowest BCUT2D eigenvalue weighted by atomic mass is 10.1. The standard InChI is InChI=1S/C21H19Cl3N2O2S2/c22-15-3-5-18(6-4-15)30(27,28)19-7-9-26(10-8-19)21-25-17(13-29-21)11-14-1-2-16(23)12-20(14)24/h1-6,12-13,19H,7-11H2. The molecule has 4 rings (SSSR count). The van der Waals surface area contributed by atoms with Gasteiger partial charge >= 0.3 is 0 Å². The van der Waals surface area contributed by atoms with Crippen molar-refractivity contribution in [3.8, 4) is 0 Å². The number of benzene rings is 2. The highest BCUT2D eigenvalue weighted by molar-refractivity contribution is 7.92. The first kappa shape index (κ1) is 21.9. The van der Waals surface area contributed by atoms with Crippen LogP contribution in [0.5, 0.6) is 0 Å². The van der Waals surface area contributed by atoms with Crippen molar-refractivity contribution < 1.29 is 8.42 Å². The van der Waals surface area contributed by atoms with E-state index in [1.165, 1.54) is 0 Å². The van der Waals surface area contributed by atoms with Crippen molar-refractivity contribution in [1.82, 2.24) is 4.98 Å². The molecule has 30 heavy (non-hydrogen) atoms. The van der Waals surface area contributed by atoms with Crippen molar-refractivity contribution in [2.24, 2.45) is 0 Å². The molecule has 1 saturated heterocycles. The Morgan fingerprint density at radius 3 is 2.33 bits per heavy atom. The zero-order valence-corrected chi connectivity index (χ0v) is 19.8. The molecule has 1 fully saturated rings. The number of anilines is 1. The van der Waals surface area contributed by atoms with Crippen molar-refractivity contribution in [3.63, 3.8) is 0 Å². The number of aromatic nitrogens is 1. The predicted molar refractivity (Wildman–Crippen MR) is 125 cm³/mol. The smallest absolute Gasteiger partial charge is 0.185 e. The van der Waals surface area contributed by atoms with Gasteiger partial charge in [-0.25, -0.2) is 13.4 Å². The summed E-state index contributed by atoms with van der Waals surface area (Å²) in [6, 6.07) is 11.9. The third-order valence-corrected chi connectivity index (χ3v) is 9.29. The predicted octanol–water partition coefficient (Wildman–Crippen LogP) is 6.14. The minimum absolute atomic E-state index is 0.335. The number of thiazole rings is 1. The SMILES string of the molecule is O=S(=O)(c1ccc(Cl)cc1)C1CCN(c2nc(Cc3ccc(Cl)cc3Cl)cs2)CC1. The first-order valence-corrected chi connectivity index (χ1v) is 13.0. The Kier molecular flexibility index (Phi) is 6.61. The fourth-order valence-corrected chi connectivity index (χ4v) is 6.77. The maximum atomic E-state index is 12.9. The molecule has 1 aliphatic heterocycles. The normalized spacial score (nSPS) is 15.5. The van der Waals surface area contributed by atoms with Crippen molar-refractivity contribution in [2.45, 2.75) is 29.4 Å². The fourth-order valence-electron chi connectivity index (χ4n) is 3.56. The van der Waals surface area contributed by atoms with E-state index in [9.17, 15) is 8.42 Å². The molecule has 9 heteroatoms. The summed E-state index contributed by atoms with van der Waals surface area (Å²) in [5, 5.41) is 4.32.